The maximum absolute atomic E-state index is 5.96. The van der Waals surface area contributed by atoms with Gasteiger partial charge in [-0.2, -0.15) is 0 Å². The van der Waals surface area contributed by atoms with E-state index >= 15 is 0 Å². The third-order valence-corrected chi connectivity index (χ3v) is 4.82. The highest BCUT2D eigenvalue weighted by atomic mass is 16.5. The van der Waals surface area contributed by atoms with Crippen molar-refractivity contribution in [2.75, 3.05) is 21.3 Å². The van der Waals surface area contributed by atoms with Gasteiger partial charge in [0, 0.05) is 22.4 Å². The molecule has 1 heterocycles. The Bertz CT molecular complexity index is 1180. The highest BCUT2D eigenvalue weighted by Gasteiger charge is 2.14. The van der Waals surface area contributed by atoms with E-state index in [0.29, 0.717) is 23.0 Å². The Morgan fingerprint density at radius 3 is 1.96 bits per heavy atom. The summed E-state index contributed by atoms with van der Waals surface area (Å²) in [5.41, 5.74) is 0.911. The van der Waals surface area contributed by atoms with Crippen LogP contribution in [0.2, 0.25) is 0 Å². The maximum Gasteiger partial charge on any atom is 0.162 e. The van der Waals surface area contributed by atoms with E-state index in [-0.39, 0.29) is 6.10 Å². The van der Waals surface area contributed by atoms with Crippen LogP contribution >= 0.6 is 0 Å². The molecule has 0 saturated carbocycles. The molecule has 0 bridgehead atoms. The van der Waals surface area contributed by atoms with Crippen molar-refractivity contribution in [3.63, 3.8) is 0 Å². The molecule has 3 aromatic carbocycles. The van der Waals surface area contributed by atoms with Crippen LogP contribution < -0.4 is 18.9 Å². The summed E-state index contributed by atoms with van der Waals surface area (Å²) in [6.45, 7) is 4.00. The number of methoxy groups -OCH3 is 3. The molecule has 0 N–H and O–H groups in total. The van der Waals surface area contributed by atoms with Crippen LogP contribution in [0, 0.1) is 0 Å². The van der Waals surface area contributed by atoms with Gasteiger partial charge in [-0.05, 0) is 48.9 Å². The molecule has 0 aliphatic heterocycles. The Hall–Kier alpha value is -3.21. The summed E-state index contributed by atoms with van der Waals surface area (Å²) >= 11 is 0. The van der Waals surface area contributed by atoms with Gasteiger partial charge < -0.3 is 18.9 Å². The second-order valence-corrected chi connectivity index (χ2v) is 6.91. The molecular formula is C23H23NO4. The smallest absolute Gasteiger partial charge is 0.162 e. The molecule has 28 heavy (non-hydrogen) atoms. The molecule has 144 valence electrons. The molecular weight excluding hydrogens is 354 g/mol. The fraction of sp³-hybridized carbons (Fsp3) is 0.261. The minimum atomic E-state index is 0.0480. The van der Waals surface area contributed by atoms with E-state index in [0.717, 1.165) is 32.4 Å². The van der Waals surface area contributed by atoms with Crippen LogP contribution in [0.25, 0.3) is 32.4 Å². The largest absolute Gasteiger partial charge is 0.493 e. The summed E-state index contributed by atoms with van der Waals surface area (Å²) in [5, 5.41) is 5.17. The lowest BCUT2D eigenvalue weighted by molar-refractivity contribution is 0.230. The number of pyridine rings is 1. The van der Waals surface area contributed by atoms with Gasteiger partial charge in [-0.3, -0.25) is 4.98 Å². The molecule has 0 aliphatic carbocycles. The van der Waals surface area contributed by atoms with E-state index in [9.17, 15) is 0 Å². The molecule has 1 aromatic heterocycles. The number of benzene rings is 3. The molecule has 5 heteroatoms. The Morgan fingerprint density at radius 1 is 0.679 bits per heavy atom. The predicted octanol–water partition coefficient (Wildman–Crippen LogP) is 5.35. The second kappa shape index (κ2) is 7.08. The van der Waals surface area contributed by atoms with Crippen molar-refractivity contribution in [2.45, 2.75) is 20.0 Å². The summed E-state index contributed by atoms with van der Waals surface area (Å²) in [4.78, 5) is 4.75. The first-order chi connectivity index (χ1) is 13.5. The standard InChI is InChI=1S/C23H23NO4/c1-13(2)28-22-11-18-14(8-20(22)26-4)6-7-16-17-10-21(27-5)19(25-3)9-15(17)12-24-23(16)18/h6-13H,1-5H3. The molecule has 0 radical (unpaired) electrons. The van der Waals surface area contributed by atoms with E-state index in [4.69, 9.17) is 23.9 Å². The number of aromatic nitrogens is 1. The predicted molar refractivity (Wildman–Crippen MR) is 112 cm³/mol. The Balaban J connectivity index is 2.04. The SMILES string of the molecule is COc1cc2cnc3c4cc(OC(C)C)c(OC)cc4ccc3c2cc1OC. The lowest BCUT2D eigenvalue weighted by Crippen LogP contribution is -2.06. The zero-order valence-electron chi connectivity index (χ0n) is 16.7. The molecule has 0 spiro atoms. The minimum absolute atomic E-state index is 0.0480. The lowest BCUT2D eigenvalue weighted by Gasteiger charge is -2.16. The second-order valence-electron chi connectivity index (χ2n) is 6.91. The molecule has 5 nitrogen and oxygen atoms in total. The van der Waals surface area contributed by atoms with Gasteiger partial charge in [-0.1, -0.05) is 12.1 Å². The van der Waals surface area contributed by atoms with Crippen LogP contribution in [0.5, 0.6) is 23.0 Å². The first kappa shape index (κ1) is 18.2. The summed E-state index contributed by atoms with van der Waals surface area (Å²) in [7, 11) is 4.93. The first-order valence-corrected chi connectivity index (χ1v) is 9.17. The van der Waals surface area contributed by atoms with Crippen molar-refractivity contribution >= 4 is 32.4 Å². The number of nitrogens with zero attached hydrogens (tertiary/aromatic N) is 1. The van der Waals surface area contributed by atoms with E-state index in [2.05, 4.69) is 12.1 Å². The molecule has 0 aliphatic rings. The summed E-state index contributed by atoms with van der Waals surface area (Å²) in [6, 6.07) is 12.1. The molecule has 0 atom stereocenters. The number of hydrogen-bond donors (Lipinski definition) is 0. The van der Waals surface area contributed by atoms with Crippen molar-refractivity contribution in [1.29, 1.82) is 0 Å². The third kappa shape index (κ3) is 2.93. The van der Waals surface area contributed by atoms with Crippen LogP contribution in [0.15, 0.2) is 42.6 Å². The van der Waals surface area contributed by atoms with Crippen LogP contribution in [0.1, 0.15) is 13.8 Å². The van der Waals surface area contributed by atoms with Crippen molar-refractivity contribution in [3.05, 3.63) is 42.6 Å². The zero-order chi connectivity index (χ0) is 19.8. The van der Waals surface area contributed by atoms with Crippen molar-refractivity contribution in [1.82, 2.24) is 4.98 Å². The normalized spacial score (nSPS) is 11.4. The van der Waals surface area contributed by atoms with Gasteiger partial charge >= 0.3 is 0 Å². The summed E-state index contributed by atoms with van der Waals surface area (Å²) < 4.78 is 22.4. The van der Waals surface area contributed by atoms with Gasteiger partial charge in [0.05, 0.1) is 33.0 Å². The van der Waals surface area contributed by atoms with Crippen LogP contribution in [-0.2, 0) is 0 Å². The Labute approximate surface area is 163 Å². The monoisotopic (exact) mass is 377 g/mol. The van der Waals surface area contributed by atoms with E-state index < -0.39 is 0 Å². The van der Waals surface area contributed by atoms with Crippen LogP contribution in [0.4, 0.5) is 0 Å². The van der Waals surface area contributed by atoms with Crippen LogP contribution in [-0.4, -0.2) is 32.4 Å². The average Bonchev–Trinajstić information content (AvgIpc) is 2.71. The highest BCUT2D eigenvalue weighted by molar-refractivity contribution is 6.16. The molecule has 0 fully saturated rings. The van der Waals surface area contributed by atoms with Gasteiger partial charge in [-0.25, -0.2) is 0 Å². The molecule has 0 saturated heterocycles. The quantitative estimate of drug-likeness (QED) is 0.439. The van der Waals surface area contributed by atoms with E-state index in [1.54, 1.807) is 21.3 Å². The van der Waals surface area contributed by atoms with Gasteiger partial charge in [0.25, 0.3) is 0 Å². The van der Waals surface area contributed by atoms with E-state index in [1.165, 1.54) is 0 Å². The number of hydrogen-bond acceptors (Lipinski definition) is 5. The number of ether oxygens (including phenoxy) is 4. The van der Waals surface area contributed by atoms with Gasteiger partial charge in [0.1, 0.15) is 0 Å². The van der Waals surface area contributed by atoms with Gasteiger partial charge in [0.15, 0.2) is 23.0 Å². The molecule has 4 aromatic rings. The first-order valence-electron chi connectivity index (χ1n) is 9.17. The Morgan fingerprint density at radius 2 is 1.29 bits per heavy atom. The average molecular weight is 377 g/mol. The molecule has 0 amide bonds. The number of fused-ring (bicyclic) bond motifs is 5. The van der Waals surface area contributed by atoms with Gasteiger partial charge in [0.2, 0.25) is 0 Å². The third-order valence-electron chi connectivity index (χ3n) is 4.82. The van der Waals surface area contributed by atoms with Crippen molar-refractivity contribution in [2.24, 2.45) is 0 Å². The molecule has 0 unspecified atom stereocenters. The summed E-state index contributed by atoms with van der Waals surface area (Å²) in [6.07, 6.45) is 1.92. The fourth-order valence-electron chi connectivity index (χ4n) is 3.55. The van der Waals surface area contributed by atoms with E-state index in [1.807, 2.05) is 44.3 Å². The van der Waals surface area contributed by atoms with Crippen molar-refractivity contribution < 1.29 is 18.9 Å². The summed E-state index contributed by atoms with van der Waals surface area (Å²) in [5.74, 6) is 2.81. The lowest BCUT2D eigenvalue weighted by atomic mass is 10.0. The minimum Gasteiger partial charge on any atom is -0.493 e. The number of rotatable bonds is 5. The zero-order valence-corrected chi connectivity index (χ0v) is 16.7. The van der Waals surface area contributed by atoms with Gasteiger partial charge in [-0.15, -0.1) is 0 Å². The Kier molecular flexibility index (Phi) is 4.59. The maximum atomic E-state index is 5.96. The molecule has 4 rings (SSSR count). The van der Waals surface area contributed by atoms with Crippen molar-refractivity contribution in [3.8, 4) is 23.0 Å². The van der Waals surface area contributed by atoms with Crippen LogP contribution in [0.3, 0.4) is 0 Å². The topological polar surface area (TPSA) is 49.8 Å². The highest BCUT2D eigenvalue weighted by Crippen LogP contribution is 2.39. The fourth-order valence-corrected chi connectivity index (χ4v) is 3.55.